The summed E-state index contributed by atoms with van der Waals surface area (Å²) in [4.78, 5) is 2.03. The highest BCUT2D eigenvalue weighted by Gasteiger charge is 2.14. The van der Waals surface area contributed by atoms with Crippen LogP contribution in [0, 0.1) is 0 Å². The molecular weight excluding hydrogens is 262 g/mol. The van der Waals surface area contributed by atoms with Crippen molar-refractivity contribution in [1.29, 1.82) is 0 Å². The van der Waals surface area contributed by atoms with Gasteiger partial charge in [-0.05, 0) is 12.1 Å². The van der Waals surface area contributed by atoms with Gasteiger partial charge in [0, 0.05) is 30.4 Å². The summed E-state index contributed by atoms with van der Waals surface area (Å²) in [5, 5.41) is 4.16. The van der Waals surface area contributed by atoms with Crippen LogP contribution in [-0.2, 0) is 0 Å². The molecule has 106 valence electrons. The average molecular weight is 279 g/mol. The first-order valence-corrected chi connectivity index (χ1v) is 6.93. The highest BCUT2D eigenvalue weighted by molar-refractivity contribution is 5.66. The first-order valence-electron chi connectivity index (χ1n) is 6.93. The summed E-state index contributed by atoms with van der Waals surface area (Å²) in [6, 6.07) is 21.9. The molecule has 0 aliphatic heterocycles. The maximum Gasteiger partial charge on any atom is 0.232 e. The summed E-state index contributed by atoms with van der Waals surface area (Å²) in [5.74, 6) is 0.700. The van der Waals surface area contributed by atoms with E-state index < -0.39 is 0 Å². The van der Waals surface area contributed by atoms with E-state index in [1.807, 2.05) is 71.6 Å². The molecule has 1 heterocycles. The molecule has 0 aliphatic carbocycles. The normalized spacial score (nSPS) is 10.5. The van der Waals surface area contributed by atoms with Crippen molar-refractivity contribution < 1.29 is 4.52 Å². The SMILES string of the molecule is NCCN(c1ccccc1)c1cc(-c2ccccc2)no1. The third-order valence-electron chi connectivity index (χ3n) is 3.25. The Morgan fingerprint density at radius 2 is 1.62 bits per heavy atom. The van der Waals surface area contributed by atoms with E-state index in [2.05, 4.69) is 5.16 Å². The second-order valence-electron chi connectivity index (χ2n) is 4.69. The Hall–Kier alpha value is -2.59. The van der Waals surface area contributed by atoms with E-state index in [9.17, 15) is 0 Å². The van der Waals surface area contributed by atoms with Crippen molar-refractivity contribution in [3.8, 4) is 11.3 Å². The van der Waals surface area contributed by atoms with Gasteiger partial charge in [0.15, 0.2) is 0 Å². The first-order chi connectivity index (χ1) is 10.4. The van der Waals surface area contributed by atoms with E-state index in [1.165, 1.54) is 0 Å². The summed E-state index contributed by atoms with van der Waals surface area (Å²) in [7, 11) is 0. The fraction of sp³-hybridized carbons (Fsp3) is 0.118. The summed E-state index contributed by atoms with van der Waals surface area (Å²) in [5.41, 5.74) is 8.62. The molecule has 0 unspecified atom stereocenters. The standard InChI is InChI=1S/C17H17N3O/c18-11-12-20(15-9-5-2-6-10-15)17-13-16(19-21-17)14-7-3-1-4-8-14/h1-10,13H,11-12,18H2. The highest BCUT2D eigenvalue weighted by Crippen LogP contribution is 2.28. The lowest BCUT2D eigenvalue weighted by Crippen LogP contribution is -2.24. The zero-order valence-corrected chi connectivity index (χ0v) is 11.6. The second-order valence-corrected chi connectivity index (χ2v) is 4.69. The molecule has 4 heteroatoms. The average Bonchev–Trinajstić information content (AvgIpc) is 3.04. The topological polar surface area (TPSA) is 55.3 Å². The zero-order chi connectivity index (χ0) is 14.5. The number of hydrogen-bond acceptors (Lipinski definition) is 4. The van der Waals surface area contributed by atoms with E-state index in [4.69, 9.17) is 10.3 Å². The highest BCUT2D eigenvalue weighted by atomic mass is 16.5. The van der Waals surface area contributed by atoms with Gasteiger partial charge in [-0.15, -0.1) is 0 Å². The van der Waals surface area contributed by atoms with Crippen LogP contribution in [-0.4, -0.2) is 18.2 Å². The van der Waals surface area contributed by atoms with Crippen molar-refractivity contribution in [2.45, 2.75) is 0 Å². The fourth-order valence-electron chi connectivity index (χ4n) is 2.24. The molecule has 0 aliphatic rings. The Labute approximate surface area is 123 Å². The van der Waals surface area contributed by atoms with E-state index >= 15 is 0 Å². The van der Waals surface area contributed by atoms with Gasteiger partial charge in [-0.2, -0.15) is 0 Å². The van der Waals surface area contributed by atoms with Gasteiger partial charge in [-0.25, -0.2) is 0 Å². The Balaban J connectivity index is 1.93. The largest absolute Gasteiger partial charge is 0.338 e. The Bertz CT molecular complexity index is 680. The van der Waals surface area contributed by atoms with Crippen molar-refractivity contribution >= 4 is 11.6 Å². The van der Waals surface area contributed by atoms with Gasteiger partial charge < -0.3 is 15.2 Å². The van der Waals surface area contributed by atoms with E-state index in [0.717, 1.165) is 16.9 Å². The lowest BCUT2D eigenvalue weighted by molar-refractivity contribution is 0.426. The van der Waals surface area contributed by atoms with Gasteiger partial charge in [0.1, 0.15) is 5.69 Å². The van der Waals surface area contributed by atoms with Crippen LogP contribution >= 0.6 is 0 Å². The molecule has 0 atom stereocenters. The summed E-state index contributed by atoms with van der Waals surface area (Å²) >= 11 is 0. The van der Waals surface area contributed by atoms with Crippen LogP contribution in [0.15, 0.2) is 71.3 Å². The maximum absolute atomic E-state index is 5.72. The fourth-order valence-corrected chi connectivity index (χ4v) is 2.24. The van der Waals surface area contributed by atoms with Crippen LogP contribution in [0.3, 0.4) is 0 Å². The quantitative estimate of drug-likeness (QED) is 0.777. The zero-order valence-electron chi connectivity index (χ0n) is 11.6. The molecule has 0 amide bonds. The van der Waals surface area contributed by atoms with Crippen LogP contribution in [0.25, 0.3) is 11.3 Å². The number of aromatic nitrogens is 1. The molecule has 0 bridgehead atoms. The van der Waals surface area contributed by atoms with Crippen molar-refractivity contribution in [2.75, 3.05) is 18.0 Å². The van der Waals surface area contributed by atoms with Crippen LogP contribution in [0.1, 0.15) is 0 Å². The lowest BCUT2D eigenvalue weighted by Gasteiger charge is -2.20. The third kappa shape index (κ3) is 2.95. The molecule has 0 fully saturated rings. The molecule has 0 radical (unpaired) electrons. The number of benzene rings is 2. The third-order valence-corrected chi connectivity index (χ3v) is 3.25. The Morgan fingerprint density at radius 1 is 0.952 bits per heavy atom. The minimum absolute atomic E-state index is 0.538. The summed E-state index contributed by atoms with van der Waals surface area (Å²) in [6.07, 6.45) is 0. The van der Waals surface area contributed by atoms with Crippen molar-refractivity contribution in [3.63, 3.8) is 0 Å². The number of nitrogens with zero attached hydrogens (tertiary/aromatic N) is 2. The molecule has 0 spiro atoms. The van der Waals surface area contributed by atoms with Gasteiger partial charge in [0.2, 0.25) is 5.88 Å². The molecule has 2 aromatic carbocycles. The molecule has 3 aromatic rings. The summed E-state index contributed by atoms with van der Waals surface area (Å²) in [6.45, 7) is 1.21. The smallest absolute Gasteiger partial charge is 0.232 e. The monoisotopic (exact) mass is 279 g/mol. The molecule has 3 rings (SSSR count). The van der Waals surface area contributed by atoms with Crippen LogP contribution in [0.2, 0.25) is 0 Å². The minimum Gasteiger partial charge on any atom is -0.338 e. The van der Waals surface area contributed by atoms with Crippen LogP contribution < -0.4 is 10.6 Å². The molecule has 2 N–H and O–H groups in total. The van der Waals surface area contributed by atoms with Crippen LogP contribution in [0.5, 0.6) is 0 Å². The van der Waals surface area contributed by atoms with E-state index in [0.29, 0.717) is 19.0 Å². The number of rotatable bonds is 5. The predicted octanol–water partition coefficient (Wildman–Crippen LogP) is 3.44. The minimum atomic E-state index is 0.538. The predicted molar refractivity (Wildman–Crippen MR) is 84.4 cm³/mol. The first kappa shape index (κ1) is 13.4. The van der Waals surface area contributed by atoms with Gasteiger partial charge in [-0.3, -0.25) is 0 Å². The molecule has 0 saturated carbocycles. The molecule has 1 aromatic heterocycles. The molecule has 21 heavy (non-hydrogen) atoms. The van der Waals surface area contributed by atoms with E-state index in [-0.39, 0.29) is 0 Å². The lowest BCUT2D eigenvalue weighted by atomic mass is 10.1. The maximum atomic E-state index is 5.72. The van der Waals surface area contributed by atoms with Gasteiger partial charge in [-0.1, -0.05) is 53.7 Å². The van der Waals surface area contributed by atoms with Crippen molar-refractivity contribution in [3.05, 3.63) is 66.7 Å². The molecule has 0 saturated heterocycles. The van der Waals surface area contributed by atoms with E-state index in [1.54, 1.807) is 0 Å². The summed E-state index contributed by atoms with van der Waals surface area (Å²) < 4.78 is 5.51. The Kier molecular flexibility index (Phi) is 3.98. The number of nitrogens with two attached hydrogens (primary N) is 1. The van der Waals surface area contributed by atoms with Crippen molar-refractivity contribution in [2.24, 2.45) is 5.73 Å². The Morgan fingerprint density at radius 3 is 2.29 bits per heavy atom. The van der Waals surface area contributed by atoms with Crippen LogP contribution in [0.4, 0.5) is 11.6 Å². The van der Waals surface area contributed by atoms with Gasteiger partial charge >= 0.3 is 0 Å². The molecule has 4 nitrogen and oxygen atoms in total. The number of hydrogen-bond donors (Lipinski definition) is 1. The van der Waals surface area contributed by atoms with Gasteiger partial charge in [0.05, 0.1) is 0 Å². The number of para-hydroxylation sites is 1. The number of anilines is 2. The second kappa shape index (κ2) is 6.24. The van der Waals surface area contributed by atoms with Gasteiger partial charge in [0.25, 0.3) is 0 Å². The molecular formula is C17H17N3O. The van der Waals surface area contributed by atoms with Crippen molar-refractivity contribution in [1.82, 2.24) is 5.16 Å².